The van der Waals surface area contributed by atoms with Crippen LogP contribution in [0.3, 0.4) is 0 Å². The second-order valence-electron chi connectivity index (χ2n) is 16.3. The molecule has 3 aliphatic rings. The number of carbonyl (C=O) groups is 5. The molecule has 0 bridgehead atoms. The van der Waals surface area contributed by atoms with E-state index in [4.69, 9.17) is 9.47 Å². The maximum Gasteiger partial charge on any atom is 0.264 e. The van der Waals surface area contributed by atoms with Crippen LogP contribution in [0.5, 0.6) is 5.75 Å². The maximum absolute atomic E-state index is 13.7. The molecule has 2 aromatic carbocycles. The summed E-state index contributed by atoms with van der Waals surface area (Å²) in [4.78, 5) is 82.9. The molecular formula is C45H56N8O9. The monoisotopic (exact) mass is 852 g/mol. The van der Waals surface area contributed by atoms with Crippen molar-refractivity contribution in [3.05, 3.63) is 92.5 Å². The first-order valence-corrected chi connectivity index (χ1v) is 21.3. The van der Waals surface area contributed by atoms with Crippen molar-refractivity contribution < 1.29 is 38.6 Å². The van der Waals surface area contributed by atoms with Gasteiger partial charge in [-0.1, -0.05) is 24.3 Å². The second-order valence-corrected chi connectivity index (χ2v) is 16.3. The van der Waals surface area contributed by atoms with Crippen molar-refractivity contribution in [3.8, 4) is 5.75 Å². The summed E-state index contributed by atoms with van der Waals surface area (Å²) in [6, 6.07) is 13.7. The Kier molecular flexibility index (Phi) is 13.9. The number of imide groups is 2. The fourth-order valence-electron chi connectivity index (χ4n) is 9.07. The van der Waals surface area contributed by atoms with E-state index in [1.807, 2.05) is 25.1 Å². The molecule has 62 heavy (non-hydrogen) atoms. The normalized spacial score (nSPS) is 18.2. The summed E-state index contributed by atoms with van der Waals surface area (Å²) in [5.74, 6) is -1.63. The molecule has 5 heterocycles. The van der Waals surface area contributed by atoms with Crippen LogP contribution in [0, 0.1) is 19.8 Å². The number of rotatable bonds is 18. The summed E-state index contributed by atoms with van der Waals surface area (Å²) in [7, 11) is 1.51. The second kappa shape index (κ2) is 19.4. The highest BCUT2D eigenvalue weighted by atomic mass is 16.5. The Morgan fingerprint density at radius 3 is 2.50 bits per heavy atom. The lowest BCUT2D eigenvalue weighted by Gasteiger charge is -2.36. The summed E-state index contributed by atoms with van der Waals surface area (Å²) in [6.45, 7) is 10.2. The number of benzene rings is 2. The molecule has 0 aliphatic carbocycles. The quantitative estimate of drug-likeness (QED) is 0.0484. The number of ether oxygens (including phenoxy) is 2. The molecule has 0 saturated carbocycles. The van der Waals surface area contributed by atoms with Gasteiger partial charge in [-0.15, -0.1) is 0 Å². The summed E-state index contributed by atoms with van der Waals surface area (Å²) in [5.41, 5.74) is 4.10. The minimum atomic E-state index is -1.03. The van der Waals surface area contributed by atoms with Crippen LogP contribution in [0.15, 0.2) is 53.3 Å². The van der Waals surface area contributed by atoms with Crippen molar-refractivity contribution in [2.75, 3.05) is 58.4 Å². The van der Waals surface area contributed by atoms with Crippen molar-refractivity contribution in [3.63, 3.8) is 0 Å². The van der Waals surface area contributed by atoms with Crippen LogP contribution >= 0.6 is 0 Å². The average molecular weight is 853 g/mol. The van der Waals surface area contributed by atoms with Crippen LogP contribution < -0.4 is 31.6 Å². The van der Waals surface area contributed by atoms with Crippen molar-refractivity contribution in [2.45, 2.75) is 77.7 Å². The SMILES string of the molecule is COc1cc(C)[nH]c(=O)c1CNC(=O)c1c(C)n([C@H](C)C2CCN(CCNC(O)CCOCCNc3cccc4c3C(=O)N(C3CCC(=O)NC3=O)C4=O)CC2)c2ccccc12. The van der Waals surface area contributed by atoms with Crippen molar-refractivity contribution in [1.82, 2.24) is 35.3 Å². The molecule has 2 fully saturated rings. The Bertz CT molecular complexity index is 2400. The maximum atomic E-state index is 13.7. The van der Waals surface area contributed by atoms with E-state index in [9.17, 15) is 33.9 Å². The van der Waals surface area contributed by atoms with E-state index >= 15 is 0 Å². The van der Waals surface area contributed by atoms with Crippen molar-refractivity contribution >= 4 is 46.1 Å². The number of anilines is 1. The van der Waals surface area contributed by atoms with Crippen LogP contribution in [-0.4, -0.2) is 119 Å². The number of likely N-dealkylation sites (tertiary alicyclic amines) is 1. The van der Waals surface area contributed by atoms with Gasteiger partial charge >= 0.3 is 0 Å². The molecule has 2 unspecified atom stereocenters. The van der Waals surface area contributed by atoms with Gasteiger partial charge in [0.25, 0.3) is 23.3 Å². The first-order chi connectivity index (χ1) is 29.9. The van der Waals surface area contributed by atoms with E-state index in [2.05, 4.69) is 48.7 Å². The van der Waals surface area contributed by atoms with E-state index < -0.39 is 35.9 Å². The lowest BCUT2D eigenvalue weighted by molar-refractivity contribution is -0.136. The van der Waals surface area contributed by atoms with Crippen molar-refractivity contribution in [1.29, 1.82) is 0 Å². The van der Waals surface area contributed by atoms with E-state index in [1.54, 1.807) is 31.2 Å². The van der Waals surface area contributed by atoms with Crippen molar-refractivity contribution in [2.24, 2.45) is 5.92 Å². The van der Waals surface area contributed by atoms with E-state index in [1.165, 1.54) is 7.11 Å². The Morgan fingerprint density at radius 2 is 1.74 bits per heavy atom. The number of carbonyl (C=O) groups excluding carboxylic acids is 5. The zero-order valence-corrected chi connectivity index (χ0v) is 35.7. The standard InChI is InChI=1S/C45H56N8O9/c1-26-24-36(61-4)32(41(56)49-26)25-48-43(58)39-28(3)52(34-11-6-5-8-30(34)39)27(2)29-14-19-51(20-15-29)21-17-47-37(54)16-22-62-23-18-46-33-10-7-9-31-40(33)45(60)53(44(31)59)35-12-13-38(55)50-42(35)57/h5-11,24,27,29,35,37,46-47,54H,12-23,25H2,1-4H3,(H,48,58)(H,49,56)(H,50,55,57)/t27-,35?,37?/m1/s1. The Labute approximate surface area is 359 Å². The van der Waals surface area contributed by atoms with Crippen LogP contribution in [-0.2, 0) is 20.9 Å². The number of nitrogens with zero attached hydrogens (tertiary/aromatic N) is 3. The lowest BCUT2D eigenvalue weighted by Crippen LogP contribution is -2.54. The first kappa shape index (κ1) is 44.2. The topological polar surface area (TPSA) is 216 Å². The predicted molar refractivity (Wildman–Crippen MR) is 231 cm³/mol. The molecule has 0 spiro atoms. The van der Waals surface area contributed by atoms with Crippen LogP contribution in [0.2, 0.25) is 0 Å². The van der Waals surface area contributed by atoms with Gasteiger partial charge in [-0.2, -0.15) is 0 Å². The number of aliphatic hydroxyl groups is 1. The van der Waals surface area contributed by atoms with Crippen LogP contribution in [0.25, 0.3) is 10.9 Å². The summed E-state index contributed by atoms with van der Waals surface area (Å²) in [5, 5.41) is 23.0. The molecule has 3 atom stereocenters. The van der Waals surface area contributed by atoms with Crippen LogP contribution in [0.4, 0.5) is 5.69 Å². The third-order valence-electron chi connectivity index (χ3n) is 12.4. The number of aromatic nitrogens is 2. The highest BCUT2D eigenvalue weighted by Crippen LogP contribution is 2.36. The number of methoxy groups -OCH3 is 1. The summed E-state index contributed by atoms with van der Waals surface area (Å²) in [6.07, 6.45) is 1.77. The molecule has 4 aromatic rings. The van der Waals surface area contributed by atoms with Gasteiger partial charge in [0.1, 0.15) is 18.0 Å². The molecule has 2 saturated heterocycles. The Morgan fingerprint density at radius 1 is 0.968 bits per heavy atom. The Hall–Kier alpha value is -5.88. The summed E-state index contributed by atoms with van der Waals surface area (Å²) >= 11 is 0. The molecular weight excluding hydrogens is 797 g/mol. The summed E-state index contributed by atoms with van der Waals surface area (Å²) < 4.78 is 13.4. The zero-order valence-electron chi connectivity index (χ0n) is 35.7. The molecule has 7 rings (SSSR count). The van der Waals surface area contributed by atoms with Gasteiger partial charge in [0.15, 0.2) is 0 Å². The molecule has 2 aromatic heterocycles. The zero-order chi connectivity index (χ0) is 44.1. The first-order valence-electron chi connectivity index (χ1n) is 21.3. The number of H-pyrrole nitrogens is 1. The highest BCUT2D eigenvalue weighted by molar-refractivity contribution is 6.25. The smallest absolute Gasteiger partial charge is 0.264 e. The number of fused-ring (bicyclic) bond motifs is 2. The third-order valence-corrected chi connectivity index (χ3v) is 12.4. The number of para-hydroxylation sites is 1. The van der Waals surface area contributed by atoms with Gasteiger partial charge in [0.2, 0.25) is 11.8 Å². The number of piperidine rings is 2. The van der Waals surface area contributed by atoms with Gasteiger partial charge in [-0.3, -0.25) is 44.3 Å². The molecule has 3 aliphatic heterocycles. The number of aryl methyl sites for hydroxylation is 1. The minimum absolute atomic E-state index is 0.0349. The molecule has 6 N–H and O–H groups in total. The molecule has 17 heteroatoms. The minimum Gasteiger partial charge on any atom is -0.496 e. The molecule has 330 valence electrons. The van der Waals surface area contributed by atoms with E-state index in [0.29, 0.717) is 66.9 Å². The van der Waals surface area contributed by atoms with Crippen LogP contribution in [0.1, 0.15) is 93.1 Å². The number of aliphatic hydroxyl groups excluding tert-OH is 1. The molecule has 0 radical (unpaired) electrons. The van der Waals surface area contributed by atoms with Gasteiger partial charge < -0.3 is 39.7 Å². The molecule has 5 amide bonds. The fraction of sp³-hybridized carbons (Fsp3) is 0.467. The largest absolute Gasteiger partial charge is 0.496 e. The number of pyridine rings is 1. The highest BCUT2D eigenvalue weighted by Gasteiger charge is 2.45. The Balaban J connectivity index is 0.821. The number of nitrogens with one attached hydrogen (secondary N) is 5. The average Bonchev–Trinajstić information content (AvgIpc) is 3.69. The number of hydrogen-bond donors (Lipinski definition) is 6. The fourth-order valence-corrected chi connectivity index (χ4v) is 9.07. The number of amides is 5. The number of hydrogen-bond acceptors (Lipinski definition) is 12. The van der Waals surface area contributed by atoms with Gasteiger partial charge in [0.05, 0.1) is 49.1 Å². The van der Waals surface area contributed by atoms with Gasteiger partial charge in [0, 0.05) is 66.5 Å². The predicted octanol–water partition coefficient (Wildman–Crippen LogP) is 2.99. The number of aromatic amines is 1. The van der Waals surface area contributed by atoms with Gasteiger partial charge in [-0.05, 0) is 83.3 Å². The lowest BCUT2D eigenvalue weighted by atomic mass is 9.90. The van der Waals surface area contributed by atoms with E-state index in [-0.39, 0.29) is 48.0 Å². The third kappa shape index (κ3) is 9.30. The van der Waals surface area contributed by atoms with E-state index in [0.717, 1.165) is 54.0 Å². The van der Waals surface area contributed by atoms with Gasteiger partial charge in [-0.25, -0.2) is 0 Å². The molecule has 17 nitrogen and oxygen atoms in total.